The highest BCUT2D eigenvalue weighted by Crippen LogP contribution is 2.21. The highest BCUT2D eigenvalue weighted by atomic mass is 19.1. The molecule has 7 heteroatoms. The minimum absolute atomic E-state index is 0.174. The highest BCUT2D eigenvalue weighted by molar-refractivity contribution is 5.78. The van der Waals surface area contributed by atoms with Gasteiger partial charge in [0.15, 0.2) is 0 Å². The predicted molar refractivity (Wildman–Crippen MR) is 79.2 cm³/mol. The number of carbonyl (C=O) groups is 1. The number of nitrogens with zero attached hydrogens (tertiary/aromatic N) is 2. The van der Waals surface area contributed by atoms with E-state index in [1.54, 1.807) is 32.9 Å². The van der Waals surface area contributed by atoms with E-state index in [9.17, 15) is 9.18 Å². The summed E-state index contributed by atoms with van der Waals surface area (Å²) in [5, 5.41) is 6.62. The van der Waals surface area contributed by atoms with Crippen LogP contribution in [0.1, 0.15) is 31.3 Å². The van der Waals surface area contributed by atoms with Crippen molar-refractivity contribution in [3.63, 3.8) is 0 Å². The maximum absolute atomic E-state index is 13.3. The van der Waals surface area contributed by atoms with E-state index in [0.717, 1.165) is 0 Å². The van der Waals surface area contributed by atoms with E-state index in [-0.39, 0.29) is 30.1 Å². The van der Waals surface area contributed by atoms with Gasteiger partial charge in [0.1, 0.15) is 11.9 Å². The van der Waals surface area contributed by atoms with Gasteiger partial charge in [-0.05, 0) is 37.6 Å². The Morgan fingerprint density at radius 1 is 1.45 bits per heavy atom. The van der Waals surface area contributed by atoms with E-state index in [1.807, 2.05) is 0 Å². The van der Waals surface area contributed by atoms with Crippen LogP contribution in [0.2, 0.25) is 0 Å². The van der Waals surface area contributed by atoms with Crippen LogP contribution in [0.5, 0.6) is 0 Å². The second kappa shape index (κ2) is 6.65. The number of amides is 1. The molecule has 0 aliphatic carbocycles. The molecule has 0 aliphatic heterocycles. The summed E-state index contributed by atoms with van der Waals surface area (Å²) in [6.45, 7) is 5.41. The largest absolute Gasteiger partial charge is 0.344 e. The van der Waals surface area contributed by atoms with Crippen LogP contribution in [0.3, 0.4) is 0 Å². The van der Waals surface area contributed by atoms with Gasteiger partial charge in [0.25, 0.3) is 0 Å². The minimum Gasteiger partial charge on any atom is -0.344 e. The molecule has 0 fully saturated rings. The lowest BCUT2D eigenvalue weighted by Gasteiger charge is -2.13. The van der Waals surface area contributed by atoms with E-state index in [1.165, 1.54) is 6.07 Å². The van der Waals surface area contributed by atoms with Crippen molar-refractivity contribution >= 4 is 5.91 Å². The lowest BCUT2D eigenvalue weighted by Crippen LogP contribution is -2.35. The van der Waals surface area contributed by atoms with Gasteiger partial charge in [0.2, 0.25) is 17.6 Å². The Bertz CT molecular complexity index is 671. The van der Waals surface area contributed by atoms with Crippen LogP contribution in [0.15, 0.2) is 22.7 Å². The smallest absolute Gasteiger partial charge is 0.249 e. The van der Waals surface area contributed by atoms with Crippen molar-refractivity contribution in [2.75, 3.05) is 6.54 Å². The van der Waals surface area contributed by atoms with Gasteiger partial charge < -0.3 is 15.6 Å². The van der Waals surface area contributed by atoms with Gasteiger partial charge in [-0.25, -0.2) is 4.39 Å². The average molecular weight is 306 g/mol. The van der Waals surface area contributed by atoms with Crippen LogP contribution < -0.4 is 11.1 Å². The molecule has 0 bridgehead atoms. The fraction of sp³-hybridized carbons (Fsp3) is 0.400. The lowest BCUT2D eigenvalue weighted by molar-refractivity contribution is -0.125. The summed E-state index contributed by atoms with van der Waals surface area (Å²) in [6.07, 6.45) is 0. The third-order valence-corrected chi connectivity index (χ3v) is 3.39. The first-order valence-corrected chi connectivity index (χ1v) is 7.03. The van der Waals surface area contributed by atoms with Crippen LogP contribution in [0, 0.1) is 18.7 Å². The summed E-state index contributed by atoms with van der Waals surface area (Å²) >= 11 is 0. The number of carbonyl (C=O) groups excluding carboxylic acids is 1. The molecule has 0 aliphatic rings. The SMILES string of the molecule is Cc1cc(-c2noc(C(C)NC(=O)C(C)CN)n2)ccc1F. The zero-order valence-electron chi connectivity index (χ0n) is 12.8. The second-order valence-corrected chi connectivity index (χ2v) is 5.29. The molecule has 1 aromatic carbocycles. The zero-order valence-corrected chi connectivity index (χ0v) is 12.8. The Morgan fingerprint density at radius 3 is 2.82 bits per heavy atom. The number of aryl methyl sites for hydroxylation is 1. The summed E-state index contributed by atoms with van der Waals surface area (Å²) < 4.78 is 18.4. The Labute approximate surface area is 127 Å². The van der Waals surface area contributed by atoms with E-state index in [4.69, 9.17) is 10.3 Å². The Morgan fingerprint density at radius 2 is 2.18 bits per heavy atom. The first kappa shape index (κ1) is 16.1. The molecule has 3 N–H and O–H groups in total. The van der Waals surface area contributed by atoms with Crippen LogP contribution in [-0.4, -0.2) is 22.6 Å². The van der Waals surface area contributed by atoms with Gasteiger partial charge in [-0.15, -0.1) is 0 Å². The van der Waals surface area contributed by atoms with Crippen molar-refractivity contribution < 1.29 is 13.7 Å². The molecular weight excluding hydrogens is 287 g/mol. The van der Waals surface area contributed by atoms with Crippen molar-refractivity contribution in [2.45, 2.75) is 26.8 Å². The van der Waals surface area contributed by atoms with E-state index in [0.29, 0.717) is 17.0 Å². The molecule has 2 rings (SSSR count). The van der Waals surface area contributed by atoms with Crippen LogP contribution in [0.4, 0.5) is 4.39 Å². The van der Waals surface area contributed by atoms with Crippen molar-refractivity contribution in [1.29, 1.82) is 0 Å². The van der Waals surface area contributed by atoms with Gasteiger partial charge >= 0.3 is 0 Å². The molecular formula is C15H19FN4O2. The topological polar surface area (TPSA) is 94.0 Å². The molecule has 1 aromatic heterocycles. The third-order valence-electron chi connectivity index (χ3n) is 3.39. The van der Waals surface area contributed by atoms with Crippen molar-refractivity contribution in [2.24, 2.45) is 11.7 Å². The van der Waals surface area contributed by atoms with E-state index in [2.05, 4.69) is 15.5 Å². The number of aromatic nitrogens is 2. The van der Waals surface area contributed by atoms with Crippen LogP contribution in [-0.2, 0) is 4.79 Å². The van der Waals surface area contributed by atoms with E-state index < -0.39 is 6.04 Å². The van der Waals surface area contributed by atoms with Gasteiger partial charge in [-0.3, -0.25) is 4.79 Å². The molecule has 2 atom stereocenters. The molecule has 6 nitrogen and oxygen atoms in total. The van der Waals surface area contributed by atoms with Gasteiger partial charge in [-0.2, -0.15) is 4.98 Å². The van der Waals surface area contributed by atoms with Gasteiger partial charge in [0.05, 0.1) is 0 Å². The fourth-order valence-corrected chi connectivity index (χ4v) is 1.84. The minimum atomic E-state index is -0.427. The molecule has 22 heavy (non-hydrogen) atoms. The predicted octanol–water partition coefficient (Wildman–Crippen LogP) is 1.96. The number of nitrogens with one attached hydrogen (secondary N) is 1. The van der Waals surface area contributed by atoms with Crippen molar-refractivity contribution in [1.82, 2.24) is 15.5 Å². The van der Waals surface area contributed by atoms with Gasteiger partial charge in [0, 0.05) is 18.0 Å². The second-order valence-electron chi connectivity index (χ2n) is 5.29. The fourth-order valence-electron chi connectivity index (χ4n) is 1.84. The summed E-state index contributed by atoms with van der Waals surface area (Å²) in [5.74, 6) is -0.110. The zero-order chi connectivity index (χ0) is 16.3. The van der Waals surface area contributed by atoms with E-state index >= 15 is 0 Å². The van der Waals surface area contributed by atoms with Crippen LogP contribution >= 0.6 is 0 Å². The molecule has 2 aromatic rings. The maximum atomic E-state index is 13.3. The number of benzene rings is 1. The monoisotopic (exact) mass is 306 g/mol. The Kier molecular flexibility index (Phi) is 4.87. The summed E-state index contributed by atoms with van der Waals surface area (Å²) in [7, 11) is 0. The highest BCUT2D eigenvalue weighted by Gasteiger charge is 2.20. The standard InChI is InChI=1S/C15H19FN4O2/c1-8-6-11(4-5-12(8)16)13-19-15(22-20-13)10(3)18-14(21)9(2)7-17/h4-6,9-10H,7,17H2,1-3H3,(H,18,21). The number of hydrogen-bond acceptors (Lipinski definition) is 5. The quantitative estimate of drug-likeness (QED) is 0.880. The molecule has 0 radical (unpaired) electrons. The van der Waals surface area contributed by atoms with Crippen molar-refractivity contribution in [3.8, 4) is 11.4 Å². The summed E-state index contributed by atoms with van der Waals surface area (Å²) in [4.78, 5) is 16.0. The van der Waals surface area contributed by atoms with Gasteiger partial charge in [-0.1, -0.05) is 12.1 Å². The Hall–Kier alpha value is -2.28. The number of nitrogens with two attached hydrogens (primary N) is 1. The maximum Gasteiger partial charge on any atom is 0.249 e. The molecule has 1 heterocycles. The number of halogens is 1. The molecule has 0 saturated carbocycles. The number of rotatable bonds is 5. The lowest BCUT2D eigenvalue weighted by atomic mass is 10.1. The average Bonchev–Trinajstić information content (AvgIpc) is 2.99. The summed E-state index contributed by atoms with van der Waals surface area (Å²) in [6, 6.07) is 4.15. The van der Waals surface area contributed by atoms with Crippen molar-refractivity contribution in [3.05, 3.63) is 35.5 Å². The molecule has 2 unspecified atom stereocenters. The first-order chi connectivity index (χ1) is 10.4. The molecule has 1 amide bonds. The number of hydrogen-bond donors (Lipinski definition) is 2. The first-order valence-electron chi connectivity index (χ1n) is 7.03. The molecule has 0 spiro atoms. The molecule has 0 saturated heterocycles. The Balaban J connectivity index is 2.13. The third kappa shape index (κ3) is 3.48. The molecule has 118 valence electrons. The van der Waals surface area contributed by atoms with Crippen LogP contribution in [0.25, 0.3) is 11.4 Å². The summed E-state index contributed by atoms with van der Waals surface area (Å²) in [5.41, 5.74) is 6.61. The normalized spacial score (nSPS) is 13.7.